The summed E-state index contributed by atoms with van der Waals surface area (Å²) < 4.78 is 38.5. The highest BCUT2D eigenvalue weighted by Crippen LogP contribution is 2.31. The van der Waals surface area contributed by atoms with Crippen molar-refractivity contribution in [3.63, 3.8) is 0 Å². The van der Waals surface area contributed by atoms with Crippen molar-refractivity contribution in [2.24, 2.45) is 0 Å². The van der Waals surface area contributed by atoms with Gasteiger partial charge in [-0.05, 0) is 22.3 Å². The third-order valence-electron chi connectivity index (χ3n) is 7.21. The molecule has 1 heterocycles. The van der Waals surface area contributed by atoms with E-state index in [2.05, 4.69) is 0 Å². The highest BCUT2D eigenvalue weighted by Gasteiger charge is 2.49. The van der Waals surface area contributed by atoms with Gasteiger partial charge in [0.05, 0.1) is 46.2 Å². The van der Waals surface area contributed by atoms with E-state index in [0.29, 0.717) is 26.4 Å². The Balaban J connectivity index is 1.41. The molecule has 4 aromatic carbocycles. The molecule has 0 aliphatic carbocycles. The number of hydrogen-bond donors (Lipinski definition) is 1. The molecule has 4 aromatic rings. The van der Waals surface area contributed by atoms with Gasteiger partial charge in [-0.1, -0.05) is 121 Å². The molecule has 1 N–H and O–H groups in total. The number of ether oxygens (including phenoxy) is 6. The van der Waals surface area contributed by atoms with Crippen LogP contribution in [-0.2, 0) is 54.8 Å². The van der Waals surface area contributed by atoms with Gasteiger partial charge in [-0.25, -0.2) is 0 Å². The highest BCUT2D eigenvalue weighted by atomic mass is 16.7. The molecule has 0 spiro atoms. The van der Waals surface area contributed by atoms with Gasteiger partial charge < -0.3 is 33.5 Å². The van der Waals surface area contributed by atoms with E-state index >= 15 is 0 Å². The van der Waals surface area contributed by atoms with Crippen molar-refractivity contribution in [3.05, 3.63) is 144 Å². The lowest BCUT2D eigenvalue weighted by Crippen LogP contribution is -2.61. The average Bonchev–Trinajstić information content (AvgIpc) is 3.07. The first-order chi connectivity index (χ1) is 21.3. The van der Waals surface area contributed by atoms with E-state index in [0.717, 1.165) is 22.3 Å². The van der Waals surface area contributed by atoms with Crippen molar-refractivity contribution in [1.82, 2.24) is 0 Å². The molecule has 0 radical (unpaired) electrons. The topological polar surface area (TPSA) is 75.6 Å². The number of rotatable bonds is 16. The van der Waals surface area contributed by atoms with Gasteiger partial charge in [0.1, 0.15) is 24.4 Å². The zero-order valence-corrected chi connectivity index (χ0v) is 24.3. The normalized spacial score (nSPS) is 21.9. The van der Waals surface area contributed by atoms with E-state index in [1.807, 2.05) is 121 Å². The molecule has 5 rings (SSSR count). The van der Waals surface area contributed by atoms with Crippen LogP contribution < -0.4 is 0 Å². The van der Waals surface area contributed by atoms with Crippen LogP contribution >= 0.6 is 0 Å². The fraction of sp³-hybridized carbons (Fsp3) is 0.333. The molecule has 1 saturated heterocycles. The molecule has 7 heteroatoms. The summed E-state index contributed by atoms with van der Waals surface area (Å²) in [7, 11) is 0. The maximum absolute atomic E-state index is 9.60. The Morgan fingerprint density at radius 1 is 0.488 bits per heavy atom. The van der Waals surface area contributed by atoms with Crippen molar-refractivity contribution in [1.29, 1.82) is 0 Å². The van der Waals surface area contributed by atoms with E-state index < -0.39 is 30.7 Å². The first kappa shape index (κ1) is 31.0. The van der Waals surface area contributed by atoms with Gasteiger partial charge >= 0.3 is 0 Å². The van der Waals surface area contributed by atoms with Crippen LogP contribution in [0.4, 0.5) is 0 Å². The zero-order valence-electron chi connectivity index (χ0n) is 24.3. The number of aliphatic hydroxyl groups excluding tert-OH is 1. The van der Waals surface area contributed by atoms with Crippen molar-refractivity contribution in [2.75, 3.05) is 19.8 Å². The van der Waals surface area contributed by atoms with Crippen molar-refractivity contribution < 1.29 is 33.5 Å². The van der Waals surface area contributed by atoms with Crippen molar-refractivity contribution >= 4 is 0 Å². The quantitative estimate of drug-likeness (QED) is 0.181. The van der Waals surface area contributed by atoms with E-state index in [-0.39, 0.29) is 19.8 Å². The Morgan fingerprint density at radius 2 is 0.907 bits per heavy atom. The molecule has 5 atom stereocenters. The smallest absolute Gasteiger partial charge is 0.187 e. The third-order valence-corrected chi connectivity index (χ3v) is 7.21. The first-order valence-corrected chi connectivity index (χ1v) is 14.8. The second kappa shape index (κ2) is 17.0. The zero-order chi connectivity index (χ0) is 29.5. The lowest BCUT2D eigenvalue weighted by molar-refractivity contribution is -0.329. The fourth-order valence-electron chi connectivity index (χ4n) is 5.05. The lowest BCUT2D eigenvalue weighted by Gasteiger charge is -2.45. The first-order valence-electron chi connectivity index (χ1n) is 14.8. The molecule has 43 heavy (non-hydrogen) atoms. The predicted octanol–water partition coefficient (Wildman–Crippen LogP) is 5.69. The number of aliphatic hydroxyl groups is 1. The molecule has 0 bridgehead atoms. The minimum Gasteiger partial charge on any atom is -0.394 e. The van der Waals surface area contributed by atoms with Gasteiger partial charge in [0.25, 0.3) is 0 Å². The summed E-state index contributed by atoms with van der Waals surface area (Å²) in [5.41, 5.74) is 4.14. The summed E-state index contributed by atoms with van der Waals surface area (Å²) in [5, 5.41) is 9.60. The standard InChI is InChI=1S/C36H40O7/c37-21-22-39-36-35(42-26-31-19-11-4-12-20-31)34(41-25-30-17-9-3-10-18-30)33(40-24-29-15-7-2-8-16-29)32(43-36)27-38-23-28-13-5-1-6-14-28/h1-20,32-37H,21-27H2/t32-,33-,34+,35+,36+/m1/s1. The summed E-state index contributed by atoms with van der Waals surface area (Å²) in [5.74, 6) is 0. The summed E-state index contributed by atoms with van der Waals surface area (Å²) in [6, 6.07) is 40.0. The molecule has 0 saturated carbocycles. The monoisotopic (exact) mass is 584 g/mol. The van der Waals surface area contributed by atoms with Crippen molar-refractivity contribution in [2.45, 2.75) is 57.1 Å². The maximum Gasteiger partial charge on any atom is 0.187 e. The summed E-state index contributed by atoms with van der Waals surface area (Å²) in [6.45, 7) is 1.68. The molecular weight excluding hydrogens is 544 g/mol. The maximum atomic E-state index is 9.60. The van der Waals surface area contributed by atoms with E-state index in [4.69, 9.17) is 28.4 Å². The van der Waals surface area contributed by atoms with Gasteiger partial charge in [0.15, 0.2) is 6.29 Å². The molecule has 1 fully saturated rings. The Labute approximate surface area is 253 Å². The number of benzene rings is 4. The SMILES string of the molecule is OCCO[C@H]1O[C@H](COCc2ccccc2)[C@@H](OCc2ccccc2)[C@H](OCc2ccccc2)[C@@H]1OCc1ccccc1. The van der Waals surface area contributed by atoms with Crippen LogP contribution in [0.25, 0.3) is 0 Å². The van der Waals surface area contributed by atoms with Gasteiger partial charge in [0, 0.05) is 0 Å². The second-order valence-electron chi connectivity index (χ2n) is 10.4. The van der Waals surface area contributed by atoms with Crippen LogP contribution in [-0.4, -0.2) is 55.6 Å². The van der Waals surface area contributed by atoms with Gasteiger partial charge in [0.2, 0.25) is 0 Å². The predicted molar refractivity (Wildman–Crippen MR) is 163 cm³/mol. The minimum absolute atomic E-state index is 0.0917. The Hall–Kier alpha value is -3.40. The highest BCUT2D eigenvalue weighted by molar-refractivity contribution is 5.16. The van der Waals surface area contributed by atoms with Crippen LogP contribution in [0.15, 0.2) is 121 Å². The molecule has 0 amide bonds. The Kier molecular flexibility index (Phi) is 12.3. The summed E-state index contributed by atoms with van der Waals surface area (Å²) in [4.78, 5) is 0. The largest absolute Gasteiger partial charge is 0.394 e. The summed E-state index contributed by atoms with van der Waals surface area (Å²) in [6.07, 6.45) is -3.06. The van der Waals surface area contributed by atoms with Crippen LogP contribution in [0.2, 0.25) is 0 Å². The molecule has 226 valence electrons. The van der Waals surface area contributed by atoms with Crippen LogP contribution in [0.5, 0.6) is 0 Å². The Morgan fingerprint density at radius 3 is 1.37 bits per heavy atom. The van der Waals surface area contributed by atoms with Crippen LogP contribution in [0.3, 0.4) is 0 Å². The van der Waals surface area contributed by atoms with Crippen LogP contribution in [0, 0.1) is 0 Å². The average molecular weight is 585 g/mol. The Bertz CT molecular complexity index is 1290. The molecule has 1 aliphatic heterocycles. The molecule has 7 nitrogen and oxygen atoms in total. The van der Waals surface area contributed by atoms with Gasteiger partial charge in [-0.3, -0.25) is 0 Å². The van der Waals surface area contributed by atoms with Crippen LogP contribution in [0.1, 0.15) is 22.3 Å². The minimum atomic E-state index is -0.807. The van der Waals surface area contributed by atoms with Gasteiger partial charge in [-0.15, -0.1) is 0 Å². The molecule has 0 unspecified atom stereocenters. The van der Waals surface area contributed by atoms with E-state index in [1.54, 1.807) is 0 Å². The molecule has 1 aliphatic rings. The second-order valence-corrected chi connectivity index (χ2v) is 10.4. The van der Waals surface area contributed by atoms with E-state index in [1.165, 1.54) is 0 Å². The van der Waals surface area contributed by atoms with E-state index in [9.17, 15) is 5.11 Å². The molecule has 0 aromatic heterocycles. The number of hydrogen-bond acceptors (Lipinski definition) is 7. The molecular formula is C36H40O7. The summed E-state index contributed by atoms with van der Waals surface area (Å²) >= 11 is 0. The third kappa shape index (κ3) is 9.55. The lowest BCUT2D eigenvalue weighted by atomic mass is 9.97. The van der Waals surface area contributed by atoms with Crippen molar-refractivity contribution in [3.8, 4) is 0 Å². The van der Waals surface area contributed by atoms with Gasteiger partial charge in [-0.2, -0.15) is 0 Å². The fourth-order valence-corrected chi connectivity index (χ4v) is 5.05.